The lowest BCUT2D eigenvalue weighted by atomic mass is 9.96. The minimum absolute atomic E-state index is 0.632. The molecule has 1 heteroatoms. The average molecular weight is 203 g/mol. The molecule has 1 aromatic carbocycles. The molecular formula is C14H21N. The Bertz CT molecular complexity index is 326. The lowest BCUT2D eigenvalue weighted by molar-refractivity contribution is 0.822. The van der Waals surface area contributed by atoms with Gasteiger partial charge in [0.1, 0.15) is 0 Å². The van der Waals surface area contributed by atoms with Gasteiger partial charge in [-0.15, -0.1) is 0 Å². The monoisotopic (exact) mass is 203 g/mol. The van der Waals surface area contributed by atoms with Crippen molar-refractivity contribution >= 4 is 5.57 Å². The first-order valence-corrected chi connectivity index (χ1v) is 5.74. The van der Waals surface area contributed by atoms with Crippen LogP contribution in [0.5, 0.6) is 0 Å². The normalized spacial score (nSPS) is 11.8. The van der Waals surface area contributed by atoms with Crippen LogP contribution in [0.4, 0.5) is 0 Å². The molecule has 0 fully saturated rings. The summed E-state index contributed by atoms with van der Waals surface area (Å²) in [6.45, 7) is 5.01. The van der Waals surface area contributed by atoms with Crippen LogP contribution in [0.25, 0.3) is 5.57 Å². The molecule has 0 aromatic heterocycles. The molecule has 1 rings (SSSR count). The molecule has 0 radical (unpaired) electrons. The lowest BCUT2D eigenvalue weighted by Gasteiger charge is -2.10. The molecule has 0 bridgehead atoms. The second kappa shape index (κ2) is 6.41. The third-order valence-corrected chi connectivity index (χ3v) is 2.65. The van der Waals surface area contributed by atoms with Gasteiger partial charge in [-0.1, -0.05) is 43.7 Å². The van der Waals surface area contributed by atoms with E-state index in [1.54, 1.807) is 0 Å². The Labute approximate surface area is 93.0 Å². The summed E-state index contributed by atoms with van der Waals surface area (Å²) in [6.07, 6.45) is 5.75. The van der Waals surface area contributed by atoms with Crippen LogP contribution in [0.1, 0.15) is 37.3 Å². The zero-order chi connectivity index (χ0) is 11.1. The summed E-state index contributed by atoms with van der Waals surface area (Å²) < 4.78 is 0. The summed E-state index contributed by atoms with van der Waals surface area (Å²) in [6, 6.07) is 8.52. The summed E-state index contributed by atoms with van der Waals surface area (Å²) in [7, 11) is 0. The molecule has 1 nitrogen and oxygen atoms in total. The molecule has 15 heavy (non-hydrogen) atoms. The van der Waals surface area contributed by atoms with Crippen molar-refractivity contribution in [2.45, 2.75) is 33.1 Å². The number of hydrogen-bond donors (Lipinski definition) is 1. The predicted molar refractivity (Wildman–Crippen MR) is 67.7 cm³/mol. The predicted octanol–water partition coefficient (Wildman–Crippen LogP) is 3.53. The molecule has 1 aromatic rings. The van der Waals surface area contributed by atoms with Gasteiger partial charge < -0.3 is 5.73 Å². The second-order valence-corrected chi connectivity index (χ2v) is 3.88. The molecule has 0 aliphatic heterocycles. The van der Waals surface area contributed by atoms with Crippen molar-refractivity contribution in [1.29, 1.82) is 0 Å². The van der Waals surface area contributed by atoms with Crippen LogP contribution < -0.4 is 5.73 Å². The zero-order valence-electron chi connectivity index (χ0n) is 9.79. The first-order valence-electron chi connectivity index (χ1n) is 5.74. The molecule has 0 atom stereocenters. The van der Waals surface area contributed by atoms with Crippen LogP contribution in [0.3, 0.4) is 0 Å². The van der Waals surface area contributed by atoms with Gasteiger partial charge in [-0.3, -0.25) is 0 Å². The van der Waals surface area contributed by atoms with Gasteiger partial charge in [0, 0.05) is 6.54 Å². The van der Waals surface area contributed by atoms with Gasteiger partial charge >= 0.3 is 0 Å². The number of nitrogens with two attached hydrogens (primary N) is 1. The largest absolute Gasteiger partial charge is 0.327 e. The number of allylic oxidation sites excluding steroid dienone is 1. The number of benzene rings is 1. The van der Waals surface area contributed by atoms with E-state index in [9.17, 15) is 0 Å². The van der Waals surface area contributed by atoms with Crippen LogP contribution >= 0.6 is 0 Å². The molecule has 0 saturated carbocycles. The highest BCUT2D eigenvalue weighted by molar-refractivity contribution is 5.68. The summed E-state index contributed by atoms with van der Waals surface area (Å²) in [5.74, 6) is 0. The topological polar surface area (TPSA) is 26.0 Å². The van der Waals surface area contributed by atoms with Crippen molar-refractivity contribution in [3.8, 4) is 0 Å². The van der Waals surface area contributed by atoms with Crippen LogP contribution in [0.15, 0.2) is 30.3 Å². The molecular weight excluding hydrogens is 182 g/mol. The Morgan fingerprint density at radius 1 is 1.33 bits per heavy atom. The van der Waals surface area contributed by atoms with E-state index in [-0.39, 0.29) is 0 Å². The Hall–Kier alpha value is -1.08. The molecule has 0 aliphatic carbocycles. The summed E-state index contributed by atoms with van der Waals surface area (Å²) in [5.41, 5.74) is 9.71. The van der Waals surface area contributed by atoms with Crippen LogP contribution in [-0.2, 0) is 0 Å². The van der Waals surface area contributed by atoms with Crippen molar-refractivity contribution in [2.75, 3.05) is 6.54 Å². The maximum absolute atomic E-state index is 5.61. The highest BCUT2D eigenvalue weighted by Gasteiger charge is 2.03. The third kappa shape index (κ3) is 3.52. The second-order valence-electron chi connectivity index (χ2n) is 3.88. The van der Waals surface area contributed by atoms with Crippen molar-refractivity contribution in [3.63, 3.8) is 0 Å². The summed E-state index contributed by atoms with van der Waals surface area (Å²) in [5, 5.41) is 0. The van der Waals surface area contributed by atoms with Crippen LogP contribution in [0, 0.1) is 6.92 Å². The average Bonchev–Trinajstić information content (AvgIpc) is 2.25. The fourth-order valence-corrected chi connectivity index (χ4v) is 1.79. The fourth-order valence-electron chi connectivity index (χ4n) is 1.79. The van der Waals surface area contributed by atoms with Crippen molar-refractivity contribution in [3.05, 3.63) is 41.5 Å². The third-order valence-electron chi connectivity index (χ3n) is 2.65. The van der Waals surface area contributed by atoms with Gasteiger partial charge in [-0.05, 0) is 36.5 Å². The van der Waals surface area contributed by atoms with E-state index in [0.29, 0.717) is 6.54 Å². The first-order chi connectivity index (χ1) is 7.29. The van der Waals surface area contributed by atoms with Gasteiger partial charge in [0.2, 0.25) is 0 Å². The van der Waals surface area contributed by atoms with E-state index in [2.05, 4.69) is 44.2 Å². The van der Waals surface area contributed by atoms with Crippen molar-refractivity contribution in [1.82, 2.24) is 0 Å². The molecule has 0 spiro atoms. The van der Waals surface area contributed by atoms with Crippen molar-refractivity contribution < 1.29 is 0 Å². The van der Waals surface area contributed by atoms with Gasteiger partial charge in [0.05, 0.1) is 0 Å². The standard InChI is InChI=1S/C14H21N/c1-3-4-8-13(10-11-15)14-9-6-5-7-12(14)2/h5-7,9-10H,3-4,8,11,15H2,1-2H3/b13-10+. The maximum atomic E-state index is 5.61. The van der Waals surface area contributed by atoms with Gasteiger partial charge in [-0.25, -0.2) is 0 Å². The number of rotatable bonds is 5. The summed E-state index contributed by atoms with van der Waals surface area (Å²) in [4.78, 5) is 0. The van der Waals surface area contributed by atoms with E-state index in [4.69, 9.17) is 5.73 Å². The van der Waals surface area contributed by atoms with Gasteiger partial charge in [0.25, 0.3) is 0 Å². The number of aryl methyl sites for hydroxylation is 1. The first kappa shape index (κ1) is 12.0. The minimum atomic E-state index is 0.632. The smallest absolute Gasteiger partial charge is 0.0112 e. The van der Waals surface area contributed by atoms with E-state index < -0.39 is 0 Å². The zero-order valence-corrected chi connectivity index (χ0v) is 9.79. The van der Waals surface area contributed by atoms with E-state index in [1.165, 1.54) is 29.5 Å². The highest BCUT2D eigenvalue weighted by atomic mass is 14.5. The molecule has 2 N–H and O–H groups in total. The fraction of sp³-hybridized carbons (Fsp3) is 0.429. The molecule has 0 unspecified atom stereocenters. The van der Waals surface area contributed by atoms with Crippen LogP contribution in [-0.4, -0.2) is 6.54 Å². The maximum Gasteiger partial charge on any atom is 0.0112 e. The Kier molecular flexibility index (Phi) is 5.13. The van der Waals surface area contributed by atoms with Gasteiger partial charge in [-0.2, -0.15) is 0 Å². The van der Waals surface area contributed by atoms with Crippen LogP contribution in [0.2, 0.25) is 0 Å². The van der Waals surface area contributed by atoms with E-state index >= 15 is 0 Å². The molecule has 0 saturated heterocycles. The van der Waals surface area contributed by atoms with Gasteiger partial charge in [0.15, 0.2) is 0 Å². The molecule has 0 aliphatic rings. The van der Waals surface area contributed by atoms with Crippen molar-refractivity contribution in [2.24, 2.45) is 5.73 Å². The Morgan fingerprint density at radius 2 is 2.07 bits per heavy atom. The Balaban J connectivity index is 2.89. The molecule has 82 valence electrons. The number of hydrogen-bond acceptors (Lipinski definition) is 1. The van der Waals surface area contributed by atoms with E-state index in [0.717, 1.165) is 6.42 Å². The SMILES string of the molecule is CCCC/C(=C\CN)c1ccccc1C. The minimum Gasteiger partial charge on any atom is -0.327 e. The lowest BCUT2D eigenvalue weighted by Crippen LogP contribution is -1.97. The van der Waals surface area contributed by atoms with E-state index in [1.807, 2.05) is 0 Å². The Morgan fingerprint density at radius 3 is 2.67 bits per heavy atom. The summed E-state index contributed by atoms with van der Waals surface area (Å²) >= 11 is 0. The number of unbranched alkanes of at least 4 members (excludes halogenated alkanes) is 1. The highest BCUT2D eigenvalue weighted by Crippen LogP contribution is 2.23. The molecule has 0 amide bonds. The molecule has 0 heterocycles. The quantitative estimate of drug-likeness (QED) is 0.778.